The lowest BCUT2D eigenvalue weighted by Gasteiger charge is -2.34. The van der Waals surface area contributed by atoms with E-state index in [2.05, 4.69) is 11.8 Å². The fourth-order valence-corrected chi connectivity index (χ4v) is 2.89. The van der Waals surface area contributed by atoms with E-state index in [0.29, 0.717) is 0 Å². The molecule has 0 aromatic heterocycles. The van der Waals surface area contributed by atoms with Crippen LogP contribution < -0.4 is 10.6 Å². The second kappa shape index (κ2) is 4.54. The Morgan fingerprint density at radius 2 is 2.19 bits per heavy atom. The minimum Gasteiger partial charge on any atom is -0.397 e. The molecule has 0 spiro atoms. The van der Waals surface area contributed by atoms with Crippen LogP contribution in [-0.2, 0) is 0 Å². The Morgan fingerprint density at radius 3 is 2.81 bits per heavy atom. The highest BCUT2D eigenvalue weighted by Crippen LogP contribution is 2.35. The molecule has 0 saturated carbocycles. The van der Waals surface area contributed by atoms with E-state index in [-0.39, 0.29) is 0 Å². The van der Waals surface area contributed by atoms with Crippen molar-refractivity contribution in [3.05, 3.63) is 22.7 Å². The Hall–Kier alpha value is -0.890. The summed E-state index contributed by atoms with van der Waals surface area (Å²) < 4.78 is 0. The molecule has 2 rings (SSSR count). The van der Waals surface area contributed by atoms with Crippen molar-refractivity contribution in [2.75, 3.05) is 23.7 Å². The third kappa shape index (κ3) is 2.27. The highest BCUT2D eigenvalue weighted by Gasteiger charge is 2.20. The summed E-state index contributed by atoms with van der Waals surface area (Å²) >= 11 is 6.29. The lowest BCUT2D eigenvalue weighted by Crippen LogP contribution is -2.34. The summed E-state index contributed by atoms with van der Waals surface area (Å²) in [4.78, 5) is 2.32. The topological polar surface area (TPSA) is 29.3 Å². The zero-order chi connectivity index (χ0) is 11.7. The number of hydrogen-bond donors (Lipinski definition) is 1. The molecule has 1 aromatic carbocycles. The van der Waals surface area contributed by atoms with E-state index in [1.807, 2.05) is 19.1 Å². The number of rotatable bonds is 1. The lowest BCUT2D eigenvalue weighted by atomic mass is 9.99. The van der Waals surface area contributed by atoms with Crippen molar-refractivity contribution < 1.29 is 0 Å². The van der Waals surface area contributed by atoms with E-state index in [9.17, 15) is 0 Å². The number of halogens is 1. The van der Waals surface area contributed by atoms with Crippen LogP contribution >= 0.6 is 11.6 Å². The third-order valence-electron chi connectivity index (χ3n) is 3.21. The molecule has 1 unspecified atom stereocenters. The highest BCUT2D eigenvalue weighted by atomic mass is 35.5. The van der Waals surface area contributed by atoms with E-state index in [0.717, 1.165) is 41.0 Å². The van der Waals surface area contributed by atoms with E-state index >= 15 is 0 Å². The van der Waals surface area contributed by atoms with Gasteiger partial charge in [0, 0.05) is 13.1 Å². The van der Waals surface area contributed by atoms with Gasteiger partial charge >= 0.3 is 0 Å². The second-order valence-electron chi connectivity index (χ2n) is 4.88. The molecule has 0 bridgehead atoms. The summed E-state index contributed by atoms with van der Waals surface area (Å²) in [5, 5.41) is 0.784. The minimum absolute atomic E-state index is 0.727. The average molecular weight is 239 g/mol. The first-order valence-electron chi connectivity index (χ1n) is 5.88. The monoisotopic (exact) mass is 238 g/mol. The van der Waals surface area contributed by atoms with Crippen molar-refractivity contribution in [1.82, 2.24) is 0 Å². The van der Waals surface area contributed by atoms with E-state index in [1.165, 1.54) is 12.8 Å². The van der Waals surface area contributed by atoms with Crippen LogP contribution in [0, 0.1) is 12.8 Å². The number of anilines is 2. The van der Waals surface area contributed by atoms with Gasteiger partial charge in [-0.3, -0.25) is 0 Å². The zero-order valence-corrected chi connectivity index (χ0v) is 10.7. The van der Waals surface area contributed by atoms with Crippen LogP contribution in [0.1, 0.15) is 25.3 Å². The summed E-state index contributed by atoms with van der Waals surface area (Å²) in [5.74, 6) is 0.727. The normalized spacial score (nSPS) is 21.2. The predicted octanol–water partition coefficient (Wildman–Crippen LogP) is 3.47. The molecule has 1 fully saturated rings. The largest absolute Gasteiger partial charge is 0.397 e. The fraction of sp³-hybridized carbons (Fsp3) is 0.538. The van der Waals surface area contributed by atoms with E-state index in [4.69, 9.17) is 17.3 Å². The smallest absolute Gasteiger partial charge is 0.0789 e. The van der Waals surface area contributed by atoms with Crippen LogP contribution in [0.2, 0.25) is 5.02 Å². The maximum absolute atomic E-state index is 6.29. The number of benzene rings is 1. The lowest BCUT2D eigenvalue weighted by molar-refractivity contribution is 0.447. The molecule has 16 heavy (non-hydrogen) atoms. The minimum atomic E-state index is 0.727. The second-order valence-corrected chi connectivity index (χ2v) is 5.29. The first-order chi connectivity index (χ1) is 7.58. The number of hydrogen-bond acceptors (Lipinski definition) is 2. The van der Waals surface area contributed by atoms with Gasteiger partial charge in [0.05, 0.1) is 16.4 Å². The quantitative estimate of drug-likeness (QED) is 0.760. The van der Waals surface area contributed by atoms with Gasteiger partial charge in [0.2, 0.25) is 0 Å². The van der Waals surface area contributed by atoms with Gasteiger partial charge in [0.1, 0.15) is 0 Å². The van der Waals surface area contributed by atoms with Gasteiger partial charge in [-0.05, 0) is 43.4 Å². The molecule has 0 amide bonds. The number of nitrogens with two attached hydrogens (primary N) is 1. The van der Waals surface area contributed by atoms with Gasteiger partial charge in [0.25, 0.3) is 0 Å². The van der Waals surface area contributed by atoms with Crippen LogP contribution in [0.3, 0.4) is 0 Å². The molecular weight excluding hydrogens is 220 g/mol. The van der Waals surface area contributed by atoms with Crippen LogP contribution in [0.25, 0.3) is 0 Å². The molecule has 1 aliphatic heterocycles. The van der Waals surface area contributed by atoms with Gasteiger partial charge in [-0.1, -0.05) is 18.5 Å². The summed E-state index contributed by atoms with van der Waals surface area (Å²) in [6, 6.07) is 3.99. The molecule has 1 saturated heterocycles. The average Bonchev–Trinajstić information content (AvgIpc) is 2.15. The number of aryl methyl sites for hydroxylation is 1. The van der Waals surface area contributed by atoms with E-state index in [1.54, 1.807) is 0 Å². The Morgan fingerprint density at radius 1 is 1.44 bits per heavy atom. The summed E-state index contributed by atoms with van der Waals surface area (Å²) in [6.45, 7) is 6.43. The highest BCUT2D eigenvalue weighted by molar-refractivity contribution is 6.34. The molecule has 1 aromatic rings. The molecule has 1 atom stereocenters. The van der Waals surface area contributed by atoms with Crippen LogP contribution in [0.4, 0.5) is 11.4 Å². The van der Waals surface area contributed by atoms with Crippen molar-refractivity contribution in [2.24, 2.45) is 5.92 Å². The number of nitrogens with zero attached hydrogens (tertiary/aromatic N) is 1. The summed E-state index contributed by atoms with van der Waals surface area (Å²) in [5.41, 5.74) is 9.03. The molecule has 0 radical (unpaired) electrons. The van der Waals surface area contributed by atoms with Gasteiger partial charge in [-0.15, -0.1) is 0 Å². The number of nitrogen functional groups attached to an aromatic ring is 1. The van der Waals surface area contributed by atoms with Gasteiger partial charge < -0.3 is 10.6 Å². The first-order valence-corrected chi connectivity index (χ1v) is 6.26. The van der Waals surface area contributed by atoms with Crippen molar-refractivity contribution in [1.29, 1.82) is 0 Å². The molecule has 1 aliphatic rings. The maximum Gasteiger partial charge on any atom is 0.0789 e. The van der Waals surface area contributed by atoms with Gasteiger partial charge in [0.15, 0.2) is 0 Å². The van der Waals surface area contributed by atoms with Crippen molar-refractivity contribution >= 4 is 23.0 Å². The predicted molar refractivity (Wildman–Crippen MR) is 71.2 cm³/mol. The Kier molecular flexibility index (Phi) is 3.29. The van der Waals surface area contributed by atoms with Crippen LogP contribution in [-0.4, -0.2) is 13.1 Å². The molecule has 2 N–H and O–H groups in total. The van der Waals surface area contributed by atoms with Crippen molar-refractivity contribution in [2.45, 2.75) is 26.7 Å². The maximum atomic E-state index is 6.29. The van der Waals surface area contributed by atoms with Crippen molar-refractivity contribution in [3.63, 3.8) is 0 Å². The van der Waals surface area contributed by atoms with E-state index < -0.39 is 0 Å². The zero-order valence-electron chi connectivity index (χ0n) is 9.96. The SMILES string of the molecule is Cc1cc(N)c(N2CCCC(C)C2)c(Cl)c1. The number of piperidine rings is 1. The third-order valence-corrected chi connectivity index (χ3v) is 3.50. The molecule has 0 aliphatic carbocycles. The Labute approximate surface area is 102 Å². The Balaban J connectivity index is 2.32. The summed E-state index contributed by atoms with van der Waals surface area (Å²) in [6.07, 6.45) is 2.53. The van der Waals surface area contributed by atoms with Gasteiger partial charge in [-0.25, -0.2) is 0 Å². The molecule has 2 nitrogen and oxygen atoms in total. The summed E-state index contributed by atoms with van der Waals surface area (Å²) in [7, 11) is 0. The standard InChI is InChI=1S/C13H19ClN2/c1-9-4-3-5-16(8-9)13-11(14)6-10(2)7-12(13)15/h6-7,9H,3-5,8,15H2,1-2H3. The van der Waals surface area contributed by atoms with Gasteiger partial charge in [-0.2, -0.15) is 0 Å². The molecule has 88 valence electrons. The molecule has 1 heterocycles. The van der Waals surface area contributed by atoms with Crippen LogP contribution in [0.15, 0.2) is 12.1 Å². The molecule has 3 heteroatoms. The molecular formula is C13H19ClN2. The van der Waals surface area contributed by atoms with Crippen molar-refractivity contribution in [3.8, 4) is 0 Å². The van der Waals surface area contributed by atoms with Crippen LogP contribution in [0.5, 0.6) is 0 Å². The fourth-order valence-electron chi connectivity index (χ4n) is 2.49. The first kappa shape index (κ1) is 11.6. The Bertz CT molecular complexity index is 367.